The summed E-state index contributed by atoms with van der Waals surface area (Å²) in [7, 11) is 0. The van der Waals surface area contributed by atoms with Crippen LogP contribution in [0.1, 0.15) is 34.5 Å². The molecule has 0 fully saturated rings. The normalized spacial score (nSPS) is 17.8. The maximum absolute atomic E-state index is 12.1. The Labute approximate surface area is 121 Å². The number of rotatable bonds is 4. The van der Waals surface area contributed by atoms with Crippen molar-refractivity contribution in [2.75, 3.05) is 6.54 Å². The van der Waals surface area contributed by atoms with Gasteiger partial charge in [-0.1, -0.05) is 11.4 Å². The molecule has 2 aromatic heterocycles. The summed E-state index contributed by atoms with van der Waals surface area (Å²) in [6.07, 6.45) is 6.59. The molecule has 7 heteroatoms. The molecule has 0 spiro atoms. The molecule has 1 N–H and O–H groups in total. The van der Waals surface area contributed by atoms with Crippen molar-refractivity contribution in [3.05, 3.63) is 28.8 Å². The summed E-state index contributed by atoms with van der Waals surface area (Å²) in [5, 5.41) is 6.97. The van der Waals surface area contributed by atoms with Crippen molar-refractivity contribution < 1.29 is 4.79 Å². The largest absolute Gasteiger partial charge is 0.351 e. The number of hydrogen-bond acceptors (Lipinski definition) is 5. The van der Waals surface area contributed by atoms with Crippen LogP contribution in [0.3, 0.4) is 0 Å². The number of nitrogens with one attached hydrogen (secondary N) is 1. The van der Waals surface area contributed by atoms with Crippen molar-refractivity contribution >= 4 is 17.4 Å². The molecule has 1 aliphatic rings. The highest BCUT2D eigenvalue weighted by atomic mass is 32.1. The smallest absolute Gasteiger partial charge is 0.264 e. The van der Waals surface area contributed by atoms with Crippen molar-refractivity contribution in [1.82, 2.24) is 24.5 Å². The second-order valence-corrected chi connectivity index (χ2v) is 5.76. The molecule has 0 radical (unpaired) electrons. The highest BCUT2D eigenvalue weighted by Crippen LogP contribution is 2.18. The molecule has 3 heterocycles. The maximum atomic E-state index is 12.1. The van der Waals surface area contributed by atoms with Crippen molar-refractivity contribution in [2.24, 2.45) is 5.92 Å². The van der Waals surface area contributed by atoms with E-state index in [1.807, 2.05) is 19.3 Å². The molecule has 1 aliphatic heterocycles. The van der Waals surface area contributed by atoms with Crippen LogP contribution in [0.4, 0.5) is 0 Å². The van der Waals surface area contributed by atoms with Crippen LogP contribution in [0.25, 0.3) is 0 Å². The van der Waals surface area contributed by atoms with E-state index in [0.29, 0.717) is 17.3 Å². The van der Waals surface area contributed by atoms with Crippen molar-refractivity contribution in [2.45, 2.75) is 32.7 Å². The molecular formula is C13H17N5OS. The molecule has 0 saturated heterocycles. The van der Waals surface area contributed by atoms with E-state index in [1.54, 1.807) is 0 Å². The fraction of sp³-hybridized carbons (Fsp3) is 0.538. The Balaban J connectivity index is 1.57. The Morgan fingerprint density at radius 1 is 1.60 bits per heavy atom. The average Bonchev–Trinajstić information content (AvgIpc) is 3.12. The Morgan fingerprint density at radius 3 is 3.35 bits per heavy atom. The Bertz CT molecular complexity index is 605. The lowest BCUT2D eigenvalue weighted by atomic mass is 9.98. The summed E-state index contributed by atoms with van der Waals surface area (Å²) < 4.78 is 6.03. The SMILES string of the molecule is CCc1nnsc1C(=O)NC[C@H]1CCn2ccnc2C1. The molecular weight excluding hydrogens is 274 g/mol. The van der Waals surface area contributed by atoms with Crippen molar-refractivity contribution in [3.63, 3.8) is 0 Å². The second-order valence-electron chi connectivity index (χ2n) is 5.01. The van der Waals surface area contributed by atoms with Crippen molar-refractivity contribution in [1.29, 1.82) is 0 Å². The summed E-state index contributed by atoms with van der Waals surface area (Å²) in [5.41, 5.74) is 0.784. The quantitative estimate of drug-likeness (QED) is 0.921. The van der Waals surface area contributed by atoms with E-state index >= 15 is 0 Å². The highest BCUT2D eigenvalue weighted by molar-refractivity contribution is 7.08. The molecule has 6 nitrogen and oxygen atoms in total. The number of amides is 1. The van der Waals surface area contributed by atoms with Gasteiger partial charge in [0.05, 0.1) is 5.69 Å². The van der Waals surface area contributed by atoms with E-state index in [-0.39, 0.29) is 5.91 Å². The minimum Gasteiger partial charge on any atom is -0.351 e. The number of fused-ring (bicyclic) bond motifs is 1. The zero-order valence-corrected chi connectivity index (χ0v) is 12.2. The van der Waals surface area contributed by atoms with Crippen LogP contribution >= 0.6 is 11.5 Å². The number of carbonyl (C=O) groups is 1. The standard InChI is InChI=1S/C13H17N5OS/c1-2-10-12(20-17-16-10)13(19)15-8-9-3-5-18-6-4-14-11(18)7-9/h4,6,9H,2-3,5,7-8H2,1H3,(H,15,19)/t9-/m0/s1. The van der Waals surface area contributed by atoms with Crippen LogP contribution in [0.15, 0.2) is 12.4 Å². The van der Waals surface area contributed by atoms with E-state index in [2.05, 4.69) is 24.5 Å². The van der Waals surface area contributed by atoms with Gasteiger partial charge in [0.25, 0.3) is 5.91 Å². The molecule has 2 aromatic rings. The fourth-order valence-electron chi connectivity index (χ4n) is 2.52. The highest BCUT2D eigenvalue weighted by Gasteiger charge is 2.21. The molecule has 20 heavy (non-hydrogen) atoms. The minimum atomic E-state index is -0.0502. The maximum Gasteiger partial charge on any atom is 0.264 e. The van der Waals surface area contributed by atoms with Crippen LogP contribution in [0.5, 0.6) is 0 Å². The summed E-state index contributed by atoms with van der Waals surface area (Å²) in [6.45, 7) is 3.65. The van der Waals surface area contributed by atoms with Crippen LogP contribution in [0.2, 0.25) is 0 Å². The zero-order valence-electron chi connectivity index (χ0n) is 11.4. The monoisotopic (exact) mass is 291 g/mol. The van der Waals surface area contributed by atoms with Gasteiger partial charge in [0.15, 0.2) is 0 Å². The van der Waals surface area contributed by atoms with Gasteiger partial charge in [-0.3, -0.25) is 4.79 Å². The van der Waals surface area contributed by atoms with Gasteiger partial charge < -0.3 is 9.88 Å². The molecule has 1 atom stereocenters. The van der Waals surface area contributed by atoms with E-state index in [4.69, 9.17) is 0 Å². The first-order valence-electron chi connectivity index (χ1n) is 6.87. The van der Waals surface area contributed by atoms with Gasteiger partial charge in [-0.2, -0.15) is 0 Å². The molecule has 1 amide bonds. The lowest BCUT2D eigenvalue weighted by Crippen LogP contribution is -2.33. The van der Waals surface area contributed by atoms with Crippen LogP contribution < -0.4 is 5.32 Å². The molecule has 0 aromatic carbocycles. The van der Waals surface area contributed by atoms with E-state index < -0.39 is 0 Å². The third kappa shape index (κ3) is 2.58. The summed E-state index contributed by atoms with van der Waals surface area (Å²) in [5.74, 6) is 1.52. The summed E-state index contributed by atoms with van der Waals surface area (Å²) in [4.78, 5) is 17.1. The van der Waals surface area contributed by atoms with Gasteiger partial charge in [-0.15, -0.1) is 5.10 Å². The second kappa shape index (κ2) is 5.70. The first-order chi connectivity index (χ1) is 9.78. The van der Waals surface area contributed by atoms with Gasteiger partial charge in [-0.05, 0) is 30.3 Å². The third-order valence-corrected chi connectivity index (χ3v) is 4.47. The molecule has 106 valence electrons. The topological polar surface area (TPSA) is 72.7 Å². The van der Waals surface area contributed by atoms with E-state index in [0.717, 1.165) is 37.3 Å². The zero-order chi connectivity index (χ0) is 13.9. The van der Waals surface area contributed by atoms with Crippen LogP contribution in [-0.4, -0.2) is 31.6 Å². The van der Waals surface area contributed by atoms with Gasteiger partial charge in [0, 0.05) is 31.9 Å². The van der Waals surface area contributed by atoms with Gasteiger partial charge in [-0.25, -0.2) is 4.98 Å². The van der Waals surface area contributed by atoms with Gasteiger partial charge in [0.1, 0.15) is 10.7 Å². The number of aryl methyl sites for hydroxylation is 2. The lowest BCUT2D eigenvalue weighted by Gasteiger charge is -2.23. The van der Waals surface area contributed by atoms with Gasteiger partial charge in [0.2, 0.25) is 0 Å². The number of aromatic nitrogens is 4. The van der Waals surface area contributed by atoms with Crippen LogP contribution in [-0.2, 0) is 19.4 Å². The molecule has 0 unspecified atom stereocenters. The van der Waals surface area contributed by atoms with Crippen molar-refractivity contribution in [3.8, 4) is 0 Å². The van der Waals surface area contributed by atoms with Gasteiger partial charge >= 0.3 is 0 Å². The number of imidazole rings is 1. The van der Waals surface area contributed by atoms with E-state index in [1.165, 1.54) is 11.5 Å². The molecule has 3 rings (SSSR count). The predicted molar refractivity (Wildman–Crippen MR) is 75.7 cm³/mol. The molecule has 0 bridgehead atoms. The first-order valence-corrected chi connectivity index (χ1v) is 7.64. The first kappa shape index (κ1) is 13.2. The lowest BCUT2D eigenvalue weighted by molar-refractivity contribution is 0.0947. The predicted octanol–water partition coefficient (Wildman–Crippen LogP) is 1.29. The Hall–Kier alpha value is -1.76. The number of hydrogen-bond donors (Lipinski definition) is 1. The number of nitrogens with zero attached hydrogens (tertiary/aromatic N) is 4. The Kier molecular flexibility index (Phi) is 3.77. The molecule has 0 aliphatic carbocycles. The molecule has 0 saturated carbocycles. The fourth-order valence-corrected chi connectivity index (χ4v) is 3.19. The van der Waals surface area contributed by atoms with E-state index in [9.17, 15) is 4.79 Å². The number of carbonyl (C=O) groups excluding carboxylic acids is 1. The average molecular weight is 291 g/mol. The summed E-state index contributed by atoms with van der Waals surface area (Å²) >= 11 is 1.17. The Morgan fingerprint density at radius 2 is 2.50 bits per heavy atom. The minimum absolute atomic E-state index is 0.0502. The van der Waals surface area contributed by atoms with Crippen LogP contribution in [0, 0.1) is 5.92 Å². The third-order valence-electron chi connectivity index (χ3n) is 3.70. The summed E-state index contributed by atoms with van der Waals surface area (Å²) in [6, 6.07) is 0.